The number of fused-ring (bicyclic) bond motifs is 1. The molecule has 0 bridgehead atoms. The predicted molar refractivity (Wildman–Crippen MR) is 129 cm³/mol. The van der Waals surface area contributed by atoms with Gasteiger partial charge in [0, 0.05) is 18.3 Å². The van der Waals surface area contributed by atoms with E-state index in [9.17, 15) is 9.18 Å². The molecule has 1 aliphatic rings. The highest BCUT2D eigenvalue weighted by Crippen LogP contribution is 2.25. The minimum Gasteiger partial charge on any atom is -0.351 e. The van der Waals surface area contributed by atoms with Crippen LogP contribution < -0.4 is 16.4 Å². The van der Waals surface area contributed by atoms with Crippen LogP contribution in [0.3, 0.4) is 0 Å². The van der Waals surface area contributed by atoms with E-state index in [4.69, 9.17) is 5.73 Å². The van der Waals surface area contributed by atoms with Crippen LogP contribution in [0.5, 0.6) is 0 Å². The Hall–Kier alpha value is -3.85. The van der Waals surface area contributed by atoms with Gasteiger partial charge in [-0.1, -0.05) is 30.3 Å². The maximum absolute atomic E-state index is 14.8. The van der Waals surface area contributed by atoms with E-state index >= 15 is 0 Å². The molecule has 0 saturated heterocycles. The van der Waals surface area contributed by atoms with E-state index in [1.165, 1.54) is 6.20 Å². The largest absolute Gasteiger partial charge is 0.351 e. The van der Waals surface area contributed by atoms with Gasteiger partial charge in [-0.25, -0.2) is 19.3 Å². The Morgan fingerprint density at radius 1 is 1.06 bits per heavy atom. The standard InChI is InChI=1S/C25H26FN7O/c26-20-13-29-25(31-18-8-6-17(27)7-9-18)32-24(20)21-14-28-22-11-10-19(15-33(21)22)30-23(34)12-16-4-2-1-3-5-16/h1-5,10-11,13-15,17-18H,6-9,12,27H2,(H,30,34)(H,29,31,32). The quantitative estimate of drug-likeness (QED) is 0.405. The van der Waals surface area contributed by atoms with Crippen LogP contribution in [0.4, 0.5) is 16.0 Å². The summed E-state index contributed by atoms with van der Waals surface area (Å²) in [4.78, 5) is 25.4. The van der Waals surface area contributed by atoms with E-state index in [0.717, 1.165) is 31.2 Å². The second-order valence-corrected chi connectivity index (χ2v) is 8.65. The van der Waals surface area contributed by atoms with Gasteiger partial charge in [0.25, 0.3) is 0 Å². The van der Waals surface area contributed by atoms with Crippen LogP contribution in [0.25, 0.3) is 17.0 Å². The molecule has 5 rings (SSSR count). The number of imidazole rings is 1. The first-order valence-electron chi connectivity index (χ1n) is 11.4. The molecule has 0 aliphatic heterocycles. The smallest absolute Gasteiger partial charge is 0.228 e. The highest BCUT2D eigenvalue weighted by molar-refractivity contribution is 5.92. The predicted octanol–water partition coefficient (Wildman–Crippen LogP) is 3.79. The SMILES string of the molecule is NC1CCC(Nc2ncc(F)c(-c3cnc4ccc(NC(=O)Cc5ccccc5)cn34)n2)CC1. The van der Waals surface area contributed by atoms with Crippen molar-refractivity contribution >= 4 is 23.2 Å². The van der Waals surface area contributed by atoms with Crippen molar-refractivity contribution in [3.63, 3.8) is 0 Å². The number of hydrogen-bond donors (Lipinski definition) is 3. The Morgan fingerprint density at radius 2 is 1.85 bits per heavy atom. The number of amides is 1. The summed E-state index contributed by atoms with van der Waals surface area (Å²) in [5.74, 6) is -0.310. The number of pyridine rings is 1. The van der Waals surface area contributed by atoms with Crippen molar-refractivity contribution in [1.82, 2.24) is 19.4 Å². The van der Waals surface area contributed by atoms with E-state index < -0.39 is 5.82 Å². The van der Waals surface area contributed by atoms with Gasteiger partial charge in [0.15, 0.2) is 5.82 Å². The zero-order valence-electron chi connectivity index (χ0n) is 18.6. The maximum Gasteiger partial charge on any atom is 0.228 e. The number of anilines is 2. The number of aromatic nitrogens is 4. The van der Waals surface area contributed by atoms with Crippen LogP contribution in [0.2, 0.25) is 0 Å². The summed E-state index contributed by atoms with van der Waals surface area (Å²) in [6.45, 7) is 0. The van der Waals surface area contributed by atoms with Gasteiger partial charge in [0.05, 0.1) is 30.2 Å². The van der Waals surface area contributed by atoms with Gasteiger partial charge in [-0.2, -0.15) is 0 Å². The average Bonchev–Trinajstić information content (AvgIpc) is 3.25. The fourth-order valence-corrected chi connectivity index (χ4v) is 4.28. The third-order valence-electron chi connectivity index (χ3n) is 6.09. The summed E-state index contributed by atoms with van der Waals surface area (Å²) in [6.07, 6.45) is 8.46. The zero-order valence-corrected chi connectivity index (χ0v) is 18.6. The van der Waals surface area contributed by atoms with E-state index in [1.807, 2.05) is 30.3 Å². The van der Waals surface area contributed by atoms with Crippen molar-refractivity contribution < 1.29 is 9.18 Å². The minimum absolute atomic E-state index is 0.140. The van der Waals surface area contributed by atoms with E-state index in [-0.39, 0.29) is 30.1 Å². The molecule has 3 heterocycles. The Morgan fingerprint density at radius 3 is 2.65 bits per heavy atom. The maximum atomic E-state index is 14.8. The monoisotopic (exact) mass is 459 g/mol. The third kappa shape index (κ3) is 4.89. The van der Waals surface area contributed by atoms with Crippen LogP contribution in [0.1, 0.15) is 31.2 Å². The molecule has 4 N–H and O–H groups in total. The first-order valence-corrected chi connectivity index (χ1v) is 11.4. The number of hydrogen-bond acceptors (Lipinski definition) is 6. The molecule has 1 fully saturated rings. The molecular weight excluding hydrogens is 433 g/mol. The molecule has 174 valence electrons. The first kappa shape index (κ1) is 22.0. The molecule has 0 atom stereocenters. The van der Waals surface area contributed by atoms with Gasteiger partial charge in [-0.15, -0.1) is 0 Å². The van der Waals surface area contributed by atoms with Crippen LogP contribution in [-0.2, 0) is 11.2 Å². The van der Waals surface area contributed by atoms with Gasteiger partial charge < -0.3 is 16.4 Å². The summed E-state index contributed by atoms with van der Waals surface area (Å²) in [5.41, 5.74) is 8.73. The molecule has 34 heavy (non-hydrogen) atoms. The number of benzene rings is 1. The lowest BCUT2D eigenvalue weighted by molar-refractivity contribution is -0.115. The average molecular weight is 460 g/mol. The van der Waals surface area contributed by atoms with Gasteiger partial charge in [-0.05, 0) is 43.4 Å². The number of nitrogens with two attached hydrogens (primary N) is 1. The Bertz CT molecular complexity index is 1300. The fourth-order valence-electron chi connectivity index (χ4n) is 4.28. The fraction of sp³-hybridized carbons (Fsp3) is 0.280. The first-order chi connectivity index (χ1) is 16.5. The van der Waals surface area contributed by atoms with Crippen LogP contribution in [0, 0.1) is 5.82 Å². The molecule has 1 amide bonds. The summed E-state index contributed by atoms with van der Waals surface area (Å²) >= 11 is 0. The molecule has 1 saturated carbocycles. The van der Waals surface area contributed by atoms with Crippen LogP contribution in [-0.4, -0.2) is 37.3 Å². The van der Waals surface area contributed by atoms with E-state index in [2.05, 4.69) is 25.6 Å². The molecule has 3 aromatic heterocycles. The number of carbonyl (C=O) groups is 1. The number of carbonyl (C=O) groups excluding carboxylic acids is 1. The third-order valence-corrected chi connectivity index (χ3v) is 6.09. The normalized spacial score (nSPS) is 18.1. The van der Waals surface area contributed by atoms with Crippen molar-refractivity contribution in [3.05, 3.63) is 72.4 Å². The Balaban J connectivity index is 1.37. The number of nitrogens with zero attached hydrogens (tertiary/aromatic N) is 4. The molecule has 8 nitrogen and oxygen atoms in total. The molecule has 1 aromatic carbocycles. The van der Waals surface area contributed by atoms with Gasteiger partial charge in [-0.3, -0.25) is 9.20 Å². The molecule has 0 radical (unpaired) electrons. The Kier molecular flexibility index (Phi) is 6.18. The molecule has 4 aromatic rings. The zero-order chi connectivity index (χ0) is 23.5. The molecule has 1 aliphatic carbocycles. The van der Waals surface area contributed by atoms with Gasteiger partial charge in [0.1, 0.15) is 11.3 Å². The highest BCUT2D eigenvalue weighted by atomic mass is 19.1. The lowest BCUT2D eigenvalue weighted by atomic mass is 9.92. The summed E-state index contributed by atoms with van der Waals surface area (Å²) in [7, 11) is 0. The Labute approximate surface area is 196 Å². The van der Waals surface area contributed by atoms with Crippen molar-refractivity contribution in [2.45, 2.75) is 44.2 Å². The van der Waals surface area contributed by atoms with Gasteiger partial charge in [0.2, 0.25) is 11.9 Å². The minimum atomic E-state index is -0.545. The summed E-state index contributed by atoms with van der Waals surface area (Å²) in [6, 6.07) is 13.5. The molecule has 0 spiro atoms. The van der Waals surface area contributed by atoms with Crippen molar-refractivity contribution in [2.75, 3.05) is 10.6 Å². The molecule has 0 unspecified atom stereocenters. The molecule has 9 heteroatoms. The van der Waals surface area contributed by atoms with Crippen molar-refractivity contribution in [1.29, 1.82) is 0 Å². The van der Waals surface area contributed by atoms with Crippen molar-refractivity contribution in [2.24, 2.45) is 5.73 Å². The van der Waals surface area contributed by atoms with E-state index in [1.54, 1.807) is 28.9 Å². The second-order valence-electron chi connectivity index (χ2n) is 8.65. The number of rotatable bonds is 6. The second kappa shape index (κ2) is 9.56. The molecular formula is C25H26FN7O. The lowest BCUT2D eigenvalue weighted by Crippen LogP contribution is -2.33. The number of halogens is 1. The summed E-state index contributed by atoms with van der Waals surface area (Å²) in [5, 5.41) is 6.21. The summed E-state index contributed by atoms with van der Waals surface area (Å²) < 4.78 is 16.5. The lowest BCUT2D eigenvalue weighted by Gasteiger charge is -2.26. The van der Waals surface area contributed by atoms with E-state index in [0.29, 0.717) is 23.0 Å². The van der Waals surface area contributed by atoms with Crippen LogP contribution >= 0.6 is 0 Å². The number of nitrogens with one attached hydrogen (secondary N) is 2. The van der Waals surface area contributed by atoms with Gasteiger partial charge >= 0.3 is 0 Å². The van der Waals surface area contributed by atoms with Crippen molar-refractivity contribution in [3.8, 4) is 11.4 Å². The topological polar surface area (TPSA) is 110 Å². The highest BCUT2D eigenvalue weighted by Gasteiger charge is 2.20. The van der Waals surface area contributed by atoms with Crippen LogP contribution in [0.15, 0.2) is 61.1 Å².